The van der Waals surface area contributed by atoms with Crippen LogP contribution >= 0.6 is 0 Å². The Balaban J connectivity index is 1.26. The number of aliphatic carboxylic acids is 1. The van der Waals surface area contributed by atoms with E-state index in [1.807, 2.05) is 18.2 Å². The van der Waals surface area contributed by atoms with Crippen molar-refractivity contribution < 1.29 is 42.2 Å². The zero-order valence-electron chi connectivity index (χ0n) is 30.3. The lowest BCUT2D eigenvalue weighted by atomic mass is 10.0. The lowest BCUT2D eigenvalue weighted by Crippen LogP contribution is -2.56. The first-order valence-corrected chi connectivity index (χ1v) is 18.1. The van der Waals surface area contributed by atoms with Gasteiger partial charge in [-0.15, -0.1) is 10.2 Å². The van der Waals surface area contributed by atoms with Gasteiger partial charge in [0.05, 0.1) is 12.5 Å². The molecule has 0 bridgehead atoms. The van der Waals surface area contributed by atoms with Gasteiger partial charge in [0.25, 0.3) is 0 Å². The number of nitrogens with zero attached hydrogens (tertiary/aromatic N) is 5. The molecule has 3 aromatic rings. The standard InChI is InChI=1S/C38H44F3N7O6/c1-36(2,3)54-35(53)42-29-13-8-6-4-5-7-12-27-21-37(27,34(51)52)43-32(49)30-19-28(22-47(30)33(29)50)48-45-31(44-46-48)26-11-9-10-25(18-26)24-16-14-23(15-17-24)20-38(39,40)41/h7,9-12,14-18,27-30H,4-6,8,13,19-22H2,1-3H3,(H,42,53)(H,43,49)(H,51,52)/b12-7-/t27-,28+,29-,30-,37+/m0/s1. The number of carbonyl (C=O) groups is 4. The largest absolute Gasteiger partial charge is 0.479 e. The van der Waals surface area contributed by atoms with Gasteiger partial charge in [0.2, 0.25) is 17.6 Å². The third kappa shape index (κ3) is 9.08. The van der Waals surface area contributed by atoms with E-state index in [-0.39, 0.29) is 36.7 Å². The van der Waals surface area contributed by atoms with Gasteiger partial charge in [-0.25, -0.2) is 9.59 Å². The SMILES string of the molecule is CC(C)(C)OC(=O)N[C@H]1CCCCC/C=C\[C@H]2C[C@@]2(C(=O)O)NC(=O)[C@@H]2C[C@@H](n3nnc(-c4cccc(-c5ccc(CC(F)(F)F)cc5)c4)n3)CN2C1=O. The number of aromatic nitrogens is 4. The Bertz CT molecular complexity index is 1910. The van der Waals surface area contributed by atoms with Crippen LogP contribution in [-0.2, 0) is 25.5 Å². The highest BCUT2D eigenvalue weighted by molar-refractivity contribution is 5.96. The fourth-order valence-corrected chi connectivity index (χ4v) is 7.07. The average molecular weight is 752 g/mol. The first-order valence-electron chi connectivity index (χ1n) is 18.1. The molecule has 3 N–H and O–H groups in total. The second kappa shape index (κ2) is 15.2. The number of fused-ring (bicyclic) bond motifs is 2. The highest BCUT2D eigenvalue weighted by Crippen LogP contribution is 2.45. The van der Waals surface area contributed by atoms with Crippen LogP contribution in [0.5, 0.6) is 0 Å². The summed E-state index contributed by atoms with van der Waals surface area (Å²) >= 11 is 0. The Morgan fingerprint density at radius 2 is 1.78 bits per heavy atom. The minimum absolute atomic E-state index is 0.0209. The first-order chi connectivity index (χ1) is 25.5. The van der Waals surface area contributed by atoms with Crippen LogP contribution in [0.25, 0.3) is 22.5 Å². The number of carboxylic acids is 1. The molecule has 1 aliphatic carbocycles. The molecule has 13 nitrogen and oxygen atoms in total. The number of ether oxygens (including phenoxy) is 1. The van der Waals surface area contributed by atoms with E-state index in [0.29, 0.717) is 30.4 Å². The van der Waals surface area contributed by atoms with Gasteiger partial charge in [0.15, 0.2) is 0 Å². The van der Waals surface area contributed by atoms with Crippen LogP contribution in [0.4, 0.5) is 18.0 Å². The van der Waals surface area contributed by atoms with Gasteiger partial charge in [-0.3, -0.25) is 9.59 Å². The maximum atomic E-state index is 14.3. The summed E-state index contributed by atoms with van der Waals surface area (Å²) in [5.41, 5.74) is -0.156. The van der Waals surface area contributed by atoms with Crippen molar-refractivity contribution in [3.05, 3.63) is 66.2 Å². The van der Waals surface area contributed by atoms with E-state index in [0.717, 1.165) is 18.4 Å². The molecule has 3 heterocycles. The summed E-state index contributed by atoms with van der Waals surface area (Å²) in [7, 11) is 0. The predicted octanol–water partition coefficient (Wildman–Crippen LogP) is 5.63. The maximum absolute atomic E-state index is 14.3. The number of carboxylic acid groups (broad SMARTS) is 1. The predicted molar refractivity (Wildman–Crippen MR) is 190 cm³/mol. The zero-order valence-corrected chi connectivity index (χ0v) is 30.3. The summed E-state index contributed by atoms with van der Waals surface area (Å²) in [6.45, 7) is 5.11. The fraction of sp³-hybridized carbons (Fsp3) is 0.500. The molecular formula is C38H44F3N7O6. The third-order valence-corrected chi connectivity index (χ3v) is 9.90. The van der Waals surface area contributed by atoms with Crippen molar-refractivity contribution in [3.63, 3.8) is 0 Å². The Morgan fingerprint density at radius 1 is 1.04 bits per heavy atom. The van der Waals surface area contributed by atoms with Crippen LogP contribution in [-0.4, -0.2) is 90.0 Å². The molecule has 0 unspecified atom stereocenters. The number of hydrogen-bond acceptors (Lipinski definition) is 8. The van der Waals surface area contributed by atoms with Crippen molar-refractivity contribution in [3.8, 4) is 22.5 Å². The summed E-state index contributed by atoms with van der Waals surface area (Å²) in [5.74, 6) is -2.45. The number of allylic oxidation sites excluding steroid dienone is 1. The van der Waals surface area contributed by atoms with Crippen molar-refractivity contribution in [2.24, 2.45) is 5.92 Å². The number of benzene rings is 2. The number of alkyl halides is 3. The number of alkyl carbamates (subject to hydrolysis) is 1. The monoisotopic (exact) mass is 751 g/mol. The molecule has 54 heavy (non-hydrogen) atoms. The summed E-state index contributed by atoms with van der Waals surface area (Å²) in [6, 6.07) is 10.5. The zero-order chi connectivity index (χ0) is 38.8. The molecule has 3 amide bonds. The second-order valence-electron chi connectivity index (χ2n) is 15.2. The molecule has 6 rings (SSSR count). The minimum atomic E-state index is -4.31. The van der Waals surface area contributed by atoms with E-state index in [1.54, 1.807) is 51.1 Å². The van der Waals surface area contributed by atoms with E-state index in [2.05, 4.69) is 26.0 Å². The molecule has 2 aliphatic heterocycles. The summed E-state index contributed by atoms with van der Waals surface area (Å²) < 4.78 is 44.0. The number of amides is 3. The molecule has 1 saturated carbocycles. The average Bonchev–Trinajstić information content (AvgIpc) is 3.40. The van der Waals surface area contributed by atoms with Gasteiger partial charge >= 0.3 is 18.2 Å². The second-order valence-corrected chi connectivity index (χ2v) is 15.2. The first kappa shape index (κ1) is 38.4. The molecule has 2 fully saturated rings. The normalized spacial score (nSPS) is 25.7. The minimum Gasteiger partial charge on any atom is -0.479 e. The lowest BCUT2D eigenvalue weighted by Gasteiger charge is -2.30. The van der Waals surface area contributed by atoms with Crippen LogP contribution in [0.15, 0.2) is 60.7 Å². The Labute approximate surface area is 310 Å². The van der Waals surface area contributed by atoms with Crippen LogP contribution < -0.4 is 10.6 Å². The van der Waals surface area contributed by atoms with E-state index in [1.165, 1.54) is 21.8 Å². The van der Waals surface area contributed by atoms with E-state index < -0.39 is 65.7 Å². The van der Waals surface area contributed by atoms with Crippen LogP contribution in [0.3, 0.4) is 0 Å². The summed E-state index contributed by atoms with van der Waals surface area (Å²) in [5, 5.41) is 28.7. The van der Waals surface area contributed by atoms with Crippen LogP contribution in [0, 0.1) is 5.92 Å². The summed E-state index contributed by atoms with van der Waals surface area (Å²) in [4.78, 5) is 56.3. The number of rotatable bonds is 6. The number of nitrogens with one attached hydrogen (secondary N) is 2. The van der Waals surface area contributed by atoms with E-state index >= 15 is 0 Å². The van der Waals surface area contributed by atoms with Gasteiger partial charge in [-0.05, 0) is 74.4 Å². The van der Waals surface area contributed by atoms with Gasteiger partial charge in [-0.2, -0.15) is 18.0 Å². The molecule has 288 valence electrons. The highest BCUT2D eigenvalue weighted by Gasteiger charge is 2.61. The van der Waals surface area contributed by atoms with E-state index in [4.69, 9.17) is 4.74 Å². The topological polar surface area (TPSA) is 169 Å². The van der Waals surface area contributed by atoms with Gasteiger partial charge in [-0.1, -0.05) is 67.5 Å². The van der Waals surface area contributed by atoms with Crippen LogP contribution in [0.1, 0.15) is 77.3 Å². The molecule has 1 saturated heterocycles. The van der Waals surface area contributed by atoms with Crippen molar-refractivity contribution in [2.45, 2.75) is 108 Å². The van der Waals surface area contributed by atoms with Gasteiger partial charge in [0.1, 0.15) is 23.2 Å². The quantitative estimate of drug-likeness (QED) is 0.271. The van der Waals surface area contributed by atoms with Crippen molar-refractivity contribution in [2.75, 3.05) is 6.54 Å². The highest BCUT2D eigenvalue weighted by atomic mass is 19.4. The molecule has 1 aromatic heterocycles. The Hall–Kier alpha value is -5.28. The van der Waals surface area contributed by atoms with E-state index in [9.17, 15) is 37.5 Å². The molecule has 3 aliphatic rings. The smallest absolute Gasteiger partial charge is 0.408 e. The molecule has 5 atom stereocenters. The maximum Gasteiger partial charge on any atom is 0.408 e. The molecule has 0 spiro atoms. The van der Waals surface area contributed by atoms with Crippen LogP contribution in [0.2, 0.25) is 0 Å². The number of carbonyl (C=O) groups excluding carboxylic acids is 3. The fourth-order valence-electron chi connectivity index (χ4n) is 7.07. The van der Waals surface area contributed by atoms with Crippen molar-refractivity contribution in [1.29, 1.82) is 0 Å². The number of tetrazole rings is 1. The van der Waals surface area contributed by atoms with Gasteiger partial charge in [0, 0.05) is 24.4 Å². The lowest BCUT2D eigenvalue weighted by molar-refractivity contribution is -0.145. The molecular weight excluding hydrogens is 707 g/mol. The van der Waals surface area contributed by atoms with Gasteiger partial charge < -0.3 is 25.4 Å². The van der Waals surface area contributed by atoms with Crippen molar-refractivity contribution >= 4 is 23.9 Å². The summed E-state index contributed by atoms with van der Waals surface area (Å²) in [6.07, 6.45) is 1.12. The molecule has 16 heteroatoms. The third-order valence-electron chi connectivity index (χ3n) is 9.90. The van der Waals surface area contributed by atoms with Crippen molar-refractivity contribution in [1.82, 2.24) is 35.7 Å². The molecule has 0 radical (unpaired) electrons. The Morgan fingerprint density at radius 3 is 2.48 bits per heavy atom. The number of hydrogen-bond donors (Lipinski definition) is 3. The number of halogens is 3. The Kier molecular flexibility index (Phi) is 10.8. The molecule has 2 aromatic carbocycles.